The summed E-state index contributed by atoms with van der Waals surface area (Å²) in [7, 11) is 0. The Kier molecular flexibility index (Phi) is 5.43. The van der Waals surface area contributed by atoms with Gasteiger partial charge in [-0.1, -0.05) is 24.3 Å². The number of piperidine rings is 1. The van der Waals surface area contributed by atoms with E-state index in [9.17, 15) is 9.59 Å². The molecule has 0 spiro atoms. The first-order chi connectivity index (χ1) is 13.2. The molecule has 0 saturated carbocycles. The second-order valence-electron chi connectivity index (χ2n) is 7.30. The van der Waals surface area contributed by atoms with Crippen LogP contribution in [0.25, 0.3) is 0 Å². The van der Waals surface area contributed by atoms with Gasteiger partial charge in [0.25, 0.3) is 5.91 Å². The van der Waals surface area contributed by atoms with E-state index in [1.165, 1.54) is 16.9 Å². The molecule has 1 aromatic heterocycles. The molecule has 1 N–H and O–H groups in total. The monoisotopic (exact) mass is 384 g/mol. The highest BCUT2D eigenvalue weighted by molar-refractivity contribution is 7.12. The number of fused-ring (bicyclic) bond motifs is 1. The lowest BCUT2D eigenvalue weighted by atomic mass is 9.95. The molecule has 6 heteroatoms. The Hall–Kier alpha value is -2.34. The topological polar surface area (TPSA) is 58.6 Å². The van der Waals surface area contributed by atoms with E-state index in [4.69, 9.17) is 4.74 Å². The molecule has 2 unspecified atom stereocenters. The van der Waals surface area contributed by atoms with Crippen molar-refractivity contribution in [3.63, 3.8) is 0 Å². The summed E-state index contributed by atoms with van der Waals surface area (Å²) in [6.45, 7) is 2.48. The number of para-hydroxylation sites is 1. The van der Waals surface area contributed by atoms with E-state index < -0.39 is 0 Å². The van der Waals surface area contributed by atoms with Gasteiger partial charge in [-0.25, -0.2) is 0 Å². The summed E-state index contributed by atoms with van der Waals surface area (Å²) >= 11 is 1.45. The molecule has 4 rings (SSSR count). The first-order valence-electron chi connectivity index (χ1n) is 9.52. The van der Waals surface area contributed by atoms with Gasteiger partial charge in [0.2, 0.25) is 5.91 Å². The molecule has 0 aliphatic carbocycles. The first-order valence-corrected chi connectivity index (χ1v) is 10.4. The normalized spacial score (nSPS) is 21.9. The maximum atomic E-state index is 12.7. The zero-order chi connectivity index (χ0) is 18.6. The maximum Gasteiger partial charge on any atom is 0.263 e. The van der Waals surface area contributed by atoms with Crippen LogP contribution >= 0.6 is 11.3 Å². The van der Waals surface area contributed by atoms with E-state index in [-0.39, 0.29) is 23.7 Å². The minimum Gasteiger partial charge on any atom is -0.493 e. The van der Waals surface area contributed by atoms with Crippen LogP contribution < -0.4 is 10.1 Å². The van der Waals surface area contributed by atoms with Crippen LogP contribution in [0.3, 0.4) is 0 Å². The molecule has 142 valence electrons. The van der Waals surface area contributed by atoms with Gasteiger partial charge in [0, 0.05) is 25.6 Å². The fraction of sp³-hybridized carbons (Fsp3) is 0.429. The standard InChI is InChI=1S/C21H24N2O3S/c24-20(22-12-15-11-16-5-1-2-7-18(16)26-14-15)17-6-3-9-23(13-17)21(25)19-8-4-10-27-19/h1-2,4-5,7-8,10,15,17H,3,6,9,11-14H2,(H,22,24). The van der Waals surface area contributed by atoms with Gasteiger partial charge in [-0.15, -0.1) is 11.3 Å². The maximum absolute atomic E-state index is 12.7. The number of likely N-dealkylation sites (tertiary alicyclic amines) is 1. The van der Waals surface area contributed by atoms with Crippen molar-refractivity contribution in [1.29, 1.82) is 0 Å². The summed E-state index contributed by atoms with van der Waals surface area (Å²) in [6.07, 6.45) is 2.63. The van der Waals surface area contributed by atoms with Crippen LogP contribution in [-0.4, -0.2) is 43.0 Å². The number of hydrogen-bond acceptors (Lipinski definition) is 4. The number of amides is 2. The van der Waals surface area contributed by atoms with Crippen LogP contribution in [0.5, 0.6) is 5.75 Å². The molecule has 1 saturated heterocycles. The van der Waals surface area contributed by atoms with Gasteiger partial charge < -0.3 is 15.0 Å². The Bertz CT molecular complexity index is 806. The molecule has 3 heterocycles. The van der Waals surface area contributed by atoms with Crippen molar-refractivity contribution in [3.8, 4) is 5.75 Å². The molecule has 1 aromatic carbocycles. The van der Waals surface area contributed by atoms with Crippen molar-refractivity contribution in [2.75, 3.05) is 26.2 Å². The van der Waals surface area contributed by atoms with Gasteiger partial charge in [0.05, 0.1) is 17.4 Å². The quantitative estimate of drug-likeness (QED) is 0.882. The second kappa shape index (κ2) is 8.13. The van der Waals surface area contributed by atoms with Crippen molar-refractivity contribution >= 4 is 23.2 Å². The molecular weight excluding hydrogens is 360 g/mol. The Morgan fingerprint density at radius 2 is 2.11 bits per heavy atom. The van der Waals surface area contributed by atoms with Gasteiger partial charge in [0.1, 0.15) is 5.75 Å². The number of nitrogens with zero attached hydrogens (tertiary/aromatic N) is 1. The molecule has 2 amide bonds. The van der Waals surface area contributed by atoms with E-state index >= 15 is 0 Å². The highest BCUT2D eigenvalue weighted by atomic mass is 32.1. The van der Waals surface area contributed by atoms with Crippen LogP contribution in [0.15, 0.2) is 41.8 Å². The summed E-state index contributed by atoms with van der Waals surface area (Å²) in [5.74, 6) is 1.21. The van der Waals surface area contributed by atoms with Crippen LogP contribution in [-0.2, 0) is 11.2 Å². The Balaban J connectivity index is 1.29. The summed E-state index contributed by atoms with van der Waals surface area (Å²) in [5.41, 5.74) is 1.20. The molecule has 0 bridgehead atoms. The lowest BCUT2D eigenvalue weighted by molar-refractivity contribution is -0.126. The average molecular weight is 385 g/mol. The first kappa shape index (κ1) is 18.0. The van der Waals surface area contributed by atoms with Crippen LogP contribution in [0.4, 0.5) is 0 Å². The van der Waals surface area contributed by atoms with Crippen molar-refractivity contribution in [3.05, 3.63) is 52.2 Å². The number of nitrogens with one attached hydrogen (secondary N) is 1. The lowest BCUT2D eigenvalue weighted by Crippen LogP contribution is -2.46. The Morgan fingerprint density at radius 3 is 2.96 bits per heavy atom. The van der Waals surface area contributed by atoms with E-state index in [0.717, 1.165) is 36.4 Å². The fourth-order valence-electron chi connectivity index (χ4n) is 3.84. The largest absolute Gasteiger partial charge is 0.493 e. The second-order valence-corrected chi connectivity index (χ2v) is 8.25. The Labute approximate surface area is 163 Å². The summed E-state index contributed by atoms with van der Waals surface area (Å²) < 4.78 is 5.80. The number of carbonyl (C=O) groups is 2. The highest BCUT2D eigenvalue weighted by Gasteiger charge is 2.30. The van der Waals surface area contributed by atoms with Crippen molar-refractivity contribution in [2.24, 2.45) is 11.8 Å². The van der Waals surface area contributed by atoms with E-state index in [1.807, 2.05) is 40.6 Å². The van der Waals surface area contributed by atoms with Gasteiger partial charge in [-0.3, -0.25) is 9.59 Å². The van der Waals surface area contributed by atoms with Crippen molar-refractivity contribution < 1.29 is 14.3 Å². The molecule has 2 aromatic rings. The highest BCUT2D eigenvalue weighted by Crippen LogP contribution is 2.26. The third-order valence-corrected chi connectivity index (χ3v) is 6.19. The molecular formula is C21H24N2O3S. The molecule has 2 atom stereocenters. The van der Waals surface area contributed by atoms with Crippen molar-refractivity contribution in [1.82, 2.24) is 10.2 Å². The fourth-order valence-corrected chi connectivity index (χ4v) is 4.53. The molecule has 0 radical (unpaired) electrons. The number of ether oxygens (including phenoxy) is 1. The summed E-state index contributed by atoms with van der Waals surface area (Å²) in [6, 6.07) is 11.8. The molecule has 2 aliphatic rings. The number of hydrogen-bond donors (Lipinski definition) is 1. The van der Waals surface area contributed by atoms with Gasteiger partial charge in [-0.05, 0) is 42.3 Å². The molecule has 27 heavy (non-hydrogen) atoms. The van der Waals surface area contributed by atoms with E-state index in [0.29, 0.717) is 19.7 Å². The van der Waals surface area contributed by atoms with E-state index in [2.05, 4.69) is 11.4 Å². The molecule has 5 nitrogen and oxygen atoms in total. The predicted octanol–water partition coefficient (Wildman–Crippen LogP) is 2.97. The van der Waals surface area contributed by atoms with Crippen LogP contribution in [0, 0.1) is 11.8 Å². The van der Waals surface area contributed by atoms with Crippen LogP contribution in [0.2, 0.25) is 0 Å². The number of thiophene rings is 1. The molecule has 2 aliphatic heterocycles. The van der Waals surface area contributed by atoms with Gasteiger partial charge >= 0.3 is 0 Å². The zero-order valence-corrected chi connectivity index (χ0v) is 16.0. The third-order valence-electron chi connectivity index (χ3n) is 5.33. The smallest absolute Gasteiger partial charge is 0.263 e. The predicted molar refractivity (Wildman–Crippen MR) is 105 cm³/mol. The van der Waals surface area contributed by atoms with E-state index in [1.54, 1.807) is 0 Å². The van der Waals surface area contributed by atoms with Gasteiger partial charge in [0.15, 0.2) is 0 Å². The minimum absolute atomic E-state index is 0.0415. The number of rotatable bonds is 4. The van der Waals surface area contributed by atoms with Crippen LogP contribution in [0.1, 0.15) is 28.1 Å². The SMILES string of the molecule is O=C(NCC1COc2ccccc2C1)C1CCCN(C(=O)c2cccs2)C1. The Morgan fingerprint density at radius 1 is 1.22 bits per heavy atom. The summed E-state index contributed by atoms with van der Waals surface area (Å²) in [4.78, 5) is 27.8. The average Bonchev–Trinajstić information content (AvgIpc) is 3.26. The van der Waals surface area contributed by atoms with Gasteiger partial charge in [-0.2, -0.15) is 0 Å². The zero-order valence-electron chi connectivity index (χ0n) is 15.2. The number of carbonyl (C=O) groups excluding carboxylic acids is 2. The lowest BCUT2D eigenvalue weighted by Gasteiger charge is -2.32. The third kappa shape index (κ3) is 4.16. The number of benzene rings is 1. The van der Waals surface area contributed by atoms with Crippen molar-refractivity contribution in [2.45, 2.75) is 19.3 Å². The summed E-state index contributed by atoms with van der Waals surface area (Å²) in [5, 5.41) is 5.00. The molecule has 1 fully saturated rings. The minimum atomic E-state index is -0.126.